The maximum atomic E-state index is 9.72. The summed E-state index contributed by atoms with van der Waals surface area (Å²) >= 11 is 0. The van der Waals surface area contributed by atoms with Gasteiger partial charge in [0, 0.05) is 0 Å². The van der Waals surface area contributed by atoms with Gasteiger partial charge in [0.05, 0.1) is 13.0 Å². The maximum absolute atomic E-state index is 9.72. The molecule has 0 saturated heterocycles. The fourth-order valence-corrected chi connectivity index (χ4v) is 1.97. The molecule has 0 fully saturated rings. The number of fused-ring (bicyclic) bond motifs is 1. The molecule has 2 aromatic rings. The Balaban J connectivity index is 0.000000257. The van der Waals surface area contributed by atoms with Crippen LogP contribution in [0.4, 0.5) is 0 Å². The summed E-state index contributed by atoms with van der Waals surface area (Å²) < 4.78 is 0. The van der Waals surface area contributed by atoms with E-state index in [1.165, 1.54) is 21.9 Å². The minimum atomic E-state index is -1.79. The van der Waals surface area contributed by atoms with Crippen molar-refractivity contribution in [1.82, 2.24) is 0 Å². The molecule has 0 heterocycles. The standard InChI is InChI=1S/C12H13NO.C4H6O5/c1-9-6-7-10-4-2-3-5-11(10)12(9)8-14-13;5-2(4(8)9)1-3(6)7/h2-7H,8,13H2,1H3;2,5H,1H2,(H,6,7)(H,8,9). The fourth-order valence-electron chi connectivity index (χ4n) is 1.97. The van der Waals surface area contributed by atoms with E-state index in [4.69, 9.17) is 26.1 Å². The summed E-state index contributed by atoms with van der Waals surface area (Å²) in [5.74, 6) is 2.28. The van der Waals surface area contributed by atoms with Crippen LogP contribution >= 0.6 is 0 Å². The second-order valence-electron chi connectivity index (χ2n) is 4.85. The number of carboxylic acids is 2. The van der Waals surface area contributed by atoms with Crippen LogP contribution < -0.4 is 5.90 Å². The highest BCUT2D eigenvalue weighted by atomic mass is 16.6. The van der Waals surface area contributed by atoms with Gasteiger partial charge in [0.15, 0.2) is 6.10 Å². The van der Waals surface area contributed by atoms with Crippen LogP contribution in [0.3, 0.4) is 0 Å². The Morgan fingerprint density at radius 3 is 2.35 bits per heavy atom. The lowest BCUT2D eigenvalue weighted by Crippen LogP contribution is -2.22. The number of nitrogens with two attached hydrogens (primary N) is 1. The lowest BCUT2D eigenvalue weighted by atomic mass is 10.0. The zero-order valence-electron chi connectivity index (χ0n) is 12.6. The molecule has 1 unspecified atom stereocenters. The Kier molecular flexibility index (Phi) is 7.14. The topological polar surface area (TPSA) is 130 Å². The molecule has 0 amide bonds. The molecule has 0 aliphatic carbocycles. The molecule has 0 aliphatic heterocycles. The first-order valence-electron chi connectivity index (χ1n) is 6.78. The molecule has 2 rings (SSSR count). The van der Waals surface area contributed by atoms with Crippen molar-refractivity contribution in [2.45, 2.75) is 26.1 Å². The van der Waals surface area contributed by atoms with Gasteiger partial charge < -0.3 is 15.3 Å². The van der Waals surface area contributed by atoms with Gasteiger partial charge in [-0.2, -0.15) is 0 Å². The van der Waals surface area contributed by atoms with Crippen molar-refractivity contribution in [2.24, 2.45) is 5.90 Å². The van der Waals surface area contributed by atoms with E-state index in [1.807, 2.05) is 12.1 Å². The first-order chi connectivity index (χ1) is 10.9. The lowest BCUT2D eigenvalue weighted by Gasteiger charge is -2.08. The zero-order valence-corrected chi connectivity index (χ0v) is 12.6. The molecule has 0 aromatic heterocycles. The Labute approximate surface area is 132 Å². The molecule has 0 bridgehead atoms. The normalized spacial score (nSPS) is 11.4. The predicted molar refractivity (Wildman–Crippen MR) is 83.6 cm³/mol. The first kappa shape index (κ1) is 18.6. The van der Waals surface area contributed by atoms with Gasteiger partial charge in [0.25, 0.3) is 0 Å². The van der Waals surface area contributed by atoms with Crippen molar-refractivity contribution in [3.63, 3.8) is 0 Å². The highest BCUT2D eigenvalue weighted by molar-refractivity contribution is 5.86. The van der Waals surface area contributed by atoms with Gasteiger partial charge in [-0.25, -0.2) is 10.7 Å². The molecule has 23 heavy (non-hydrogen) atoms. The van der Waals surface area contributed by atoms with E-state index < -0.39 is 24.5 Å². The van der Waals surface area contributed by atoms with Crippen LogP contribution in [0.5, 0.6) is 0 Å². The zero-order chi connectivity index (χ0) is 17.4. The molecule has 7 heteroatoms. The Bertz CT molecular complexity index is 685. The number of aliphatic hydroxyl groups is 1. The second kappa shape index (κ2) is 8.84. The van der Waals surface area contributed by atoms with Gasteiger partial charge >= 0.3 is 11.9 Å². The monoisotopic (exact) mass is 321 g/mol. The third kappa shape index (κ3) is 5.67. The summed E-state index contributed by atoms with van der Waals surface area (Å²) in [6.07, 6.45) is -2.54. The average Bonchev–Trinajstić information content (AvgIpc) is 2.50. The summed E-state index contributed by atoms with van der Waals surface area (Å²) in [6.45, 7) is 2.54. The average molecular weight is 321 g/mol. The molecule has 2 aromatic carbocycles. The van der Waals surface area contributed by atoms with E-state index in [1.54, 1.807) is 0 Å². The fraction of sp³-hybridized carbons (Fsp3) is 0.250. The van der Waals surface area contributed by atoms with Crippen LogP contribution in [0.2, 0.25) is 0 Å². The number of carbonyl (C=O) groups is 2. The van der Waals surface area contributed by atoms with Crippen molar-refractivity contribution < 1.29 is 29.7 Å². The molecule has 0 saturated carbocycles. The highest BCUT2D eigenvalue weighted by Crippen LogP contribution is 2.22. The number of aryl methyl sites for hydroxylation is 1. The van der Waals surface area contributed by atoms with Crippen LogP contribution in [-0.4, -0.2) is 33.4 Å². The number of carboxylic acid groups (broad SMARTS) is 2. The molecular formula is C16H19NO6. The lowest BCUT2D eigenvalue weighted by molar-refractivity contribution is -0.152. The number of hydrogen-bond acceptors (Lipinski definition) is 5. The van der Waals surface area contributed by atoms with E-state index in [0.29, 0.717) is 6.61 Å². The van der Waals surface area contributed by atoms with Crippen LogP contribution in [0, 0.1) is 6.92 Å². The van der Waals surface area contributed by atoms with Crippen LogP contribution in [0.25, 0.3) is 10.8 Å². The van der Waals surface area contributed by atoms with Crippen molar-refractivity contribution in [3.05, 3.63) is 47.5 Å². The molecule has 0 spiro atoms. The summed E-state index contributed by atoms with van der Waals surface area (Å²) in [4.78, 5) is 24.1. The first-order valence-corrected chi connectivity index (χ1v) is 6.78. The predicted octanol–water partition coefficient (Wildman–Crippen LogP) is 1.45. The summed E-state index contributed by atoms with van der Waals surface area (Å²) in [5, 5.41) is 26.6. The minimum Gasteiger partial charge on any atom is -0.481 e. The highest BCUT2D eigenvalue weighted by Gasteiger charge is 2.16. The molecule has 7 nitrogen and oxygen atoms in total. The minimum absolute atomic E-state index is 0.465. The largest absolute Gasteiger partial charge is 0.481 e. The van der Waals surface area contributed by atoms with E-state index >= 15 is 0 Å². The van der Waals surface area contributed by atoms with Gasteiger partial charge in [-0.15, -0.1) is 0 Å². The number of benzene rings is 2. The van der Waals surface area contributed by atoms with Gasteiger partial charge in [0.2, 0.25) is 0 Å². The number of hydrogen-bond donors (Lipinski definition) is 4. The van der Waals surface area contributed by atoms with Gasteiger partial charge in [-0.1, -0.05) is 36.4 Å². The molecule has 124 valence electrons. The van der Waals surface area contributed by atoms with Crippen LogP contribution in [0.15, 0.2) is 36.4 Å². The number of aliphatic hydroxyl groups excluding tert-OH is 1. The number of aliphatic carboxylic acids is 2. The van der Waals surface area contributed by atoms with Crippen LogP contribution in [0.1, 0.15) is 17.5 Å². The van der Waals surface area contributed by atoms with Gasteiger partial charge in [-0.05, 0) is 28.8 Å². The molecule has 0 radical (unpaired) electrons. The molecule has 5 N–H and O–H groups in total. The second-order valence-corrected chi connectivity index (χ2v) is 4.85. The summed E-state index contributed by atoms with van der Waals surface area (Å²) in [5.41, 5.74) is 2.39. The van der Waals surface area contributed by atoms with Gasteiger partial charge in [-0.3, -0.25) is 9.63 Å². The van der Waals surface area contributed by atoms with E-state index in [9.17, 15) is 9.59 Å². The third-order valence-electron chi connectivity index (χ3n) is 3.16. The van der Waals surface area contributed by atoms with E-state index in [2.05, 4.69) is 31.2 Å². The molecule has 0 aliphatic rings. The Hall–Kier alpha value is -2.48. The Morgan fingerprint density at radius 2 is 1.83 bits per heavy atom. The summed E-state index contributed by atoms with van der Waals surface area (Å²) in [6, 6.07) is 12.5. The maximum Gasteiger partial charge on any atom is 0.333 e. The quantitative estimate of drug-likeness (QED) is 0.613. The summed E-state index contributed by atoms with van der Waals surface area (Å²) in [7, 11) is 0. The van der Waals surface area contributed by atoms with Crippen molar-refractivity contribution >= 4 is 22.7 Å². The Morgan fingerprint density at radius 1 is 1.17 bits per heavy atom. The van der Waals surface area contributed by atoms with E-state index in [0.717, 1.165) is 0 Å². The molecule has 1 atom stereocenters. The molecular weight excluding hydrogens is 302 g/mol. The van der Waals surface area contributed by atoms with Crippen LogP contribution in [-0.2, 0) is 21.0 Å². The third-order valence-corrected chi connectivity index (χ3v) is 3.16. The number of rotatable bonds is 5. The van der Waals surface area contributed by atoms with Crippen molar-refractivity contribution in [2.75, 3.05) is 0 Å². The van der Waals surface area contributed by atoms with E-state index in [-0.39, 0.29) is 0 Å². The van der Waals surface area contributed by atoms with Crippen molar-refractivity contribution in [1.29, 1.82) is 0 Å². The smallest absolute Gasteiger partial charge is 0.333 e. The van der Waals surface area contributed by atoms with Gasteiger partial charge in [0.1, 0.15) is 0 Å². The van der Waals surface area contributed by atoms with Crippen molar-refractivity contribution in [3.8, 4) is 0 Å². The SMILES string of the molecule is Cc1ccc2ccccc2c1CON.O=C(O)CC(O)C(=O)O.